The first-order chi connectivity index (χ1) is 9.85. The summed E-state index contributed by atoms with van der Waals surface area (Å²) in [5.74, 6) is -0.423. The van der Waals surface area contributed by atoms with Crippen LogP contribution in [-0.4, -0.2) is 22.6 Å². The van der Waals surface area contributed by atoms with Gasteiger partial charge in [-0.25, -0.2) is 0 Å². The van der Waals surface area contributed by atoms with Crippen LogP contribution in [0.5, 0.6) is 5.75 Å². The lowest BCUT2D eigenvalue weighted by molar-refractivity contribution is -0.143. The molecule has 21 heavy (non-hydrogen) atoms. The molecule has 0 spiro atoms. The van der Waals surface area contributed by atoms with Gasteiger partial charge in [0.2, 0.25) is 0 Å². The highest BCUT2D eigenvalue weighted by Crippen LogP contribution is 2.44. The van der Waals surface area contributed by atoms with Crippen LogP contribution in [0.3, 0.4) is 0 Å². The van der Waals surface area contributed by atoms with Crippen molar-refractivity contribution < 1.29 is 19.4 Å². The van der Waals surface area contributed by atoms with Gasteiger partial charge >= 0.3 is 5.97 Å². The SMILES string of the molecule is CC1(C)Oc2ccc(C3(C(=O)O)CCCC3)cc2NC1=O. The summed E-state index contributed by atoms with van der Waals surface area (Å²) in [6, 6.07) is 5.32. The standard InChI is InChI=1S/C16H19NO4/c1-15(2)13(18)17-11-9-10(5-6-12(11)21-15)16(14(19)20)7-3-4-8-16/h5-6,9H,3-4,7-8H2,1-2H3,(H,17,18)(H,19,20). The zero-order valence-corrected chi connectivity index (χ0v) is 12.2. The summed E-state index contributed by atoms with van der Waals surface area (Å²) in [5.41, 5.74) is -0.432. The van der Waals surface area contributed by atoms with E-state index in [0.717, 1.165) is 18.4 Å². The summed E-state index contributed by atoms with van der Waals surface area (Å²) in [6.45, 7) is 3.41. The average molecular weight is 289 g/mol. The van der Waals surface area contributed by atoms with E-state index in [9.17, 15) is 14.7 Å². The predicted molar refractivity (Wildman–Crippen MR) is 77.6 cm³/mol. The number of hydrogen-bond acceptors (Lipinski definition) is 3. The van der Waals surface area contributed by atoms with Crippen molar-refractivity contribution in [1.29, 1.82) is 0 Å². The molecular formula is C16H19NO4. The number of carboxylic acids is 1. The molecule has 1 aromatic rings. The largest absolute Gasteiger partial charge is 0.481 e. The molecule has 0 atom stereocenters. The van der Waals surface area contributed by atoms with Crippen molar-refractivity contribution in [2.45, 2.75) is 50.5 Å². The number of ether oxygens (including phenoxy) is 1. The van der Waals surface area contributed by atoms with E-state index in [4.69, 9.17) is 4.74 Å². The molecule has 0 saturated heterocycles. The van der Waals surface area contributed by atoms with Crippen molar-refractivity contribution in [2.75, 3.05) is 5.32 Å². The lowest BCUT2D eigenvalue weighted by Gasteiger charge is -2.33. The fourth-order valence-corrected chi connectivity index (χ4v) is 3.21. The van der Waals surface area contributed by atoms with Crippen molar-refractivity contribution in [2.24, 2.45) is 0 Å². The molecule has 1 aromatic carbocycles. The highest BCUT2D eigenvalue weighted by Gasteiger charge is 2.44. The number of fused-ring (bicyclic) bond motifs is 1. The minimum Gasteiger partial charge on any atom is -0.481 e. The fraction of sp³-hybridized carbons (Fsp3) is 0.500. The molecular weight excluding hydrogens is 270 g/mol. The molecule has 5 nitrogen and oxygen atoms in total. The molecule has 112 valence electrons. The highest BCUT2D eigenvalue weighted by atomic mass is 16.5. The Hall–Kier alpha value is -2.04. The van der Waals surface area contributed by atoms with Crippen LogP contribution in [0.15, 0.2) is 18.2 Å². The minimum atomic E-state index is -0.910. The number of aliphatic carboxylic acids is 1. The van der Waals surface area contributed by atoms with Gasteiger partial charge in [-0.3, -0.25) is 9.59 Å². The van der Waals surface area contributed by atoms with Crippen LogP contribution in [0.2, 0.25) is 0 Å². The second kappa shape index (κ2) is 4.48. The van der Waals surface area contributed by atoms with E-state index >= 15 is 0 Å². The van der Waals surface area contributed by atoms with E-state index < -0.39 is 17.0 Å². The van der Waals surface area contributed by atoms with Crippen LogP contribution >= 0.6 is 0 Å². The number of benzene rings is 1. The van der Waals surface area contributed by atoms with Gasteiger partial charge in [0.05, 0.1) is 11.1 Å². The van der Waals surface area contributed by atoms with Crippen LogP contribution in [0.1, 0.15) is 45.1 Å². The normalized spacial score (nSPS) is 22.1. The number of carboxylic acid groups (broad SMARTS) is 1. The van der Waals surface area contributed by atoms with Crippen LogP contribution in [-0.2, 0) is 15.0 Å². The van der Waals surface area contributed by atoms with Crippen molar-refractivity contribution in [3.8, 4) is 5.75 Å². The van der Waals surface area contributed by atoms with Gasteiger partial charge < -0.3 is 15.2 Å². The Morgan fingerprint density at radius 2 is 1.95 bits per heavy atom. The van der Waals surface area contributed by atoms with E-state index in [1.165, 1.54) is 0 Å². The maximum Gasteiger partial charge on any atom is 0.314 e. The molecule has 1 saturated carbocycles. The topological polar surface area (TPSA) is 75.6 Å². The van der Waals surface area contributed by atoms with Gasteiger partial charge in [-0.05, 0) is 44.4 Å². The number of anilines is 1. The molecule has 1 amide bonds. The number of carbonyl (C=O) groups is 2. The molecule has 0 radical (unpaired) electrons. The van der Waals surface area contributed by atoms with Gasteiger partial charge in [-0.15, -0.1) is 0 Å². The highest BCUT2D eigenvalue weighted by molar-refractivity contribution is 6.00. The van der Waals surface area contributed by atoms with E-state index in [1.807, 2.05) is 6.07 Å². The second-order valence-corrected chi connectivity index (χ2v) is 6.37. The van der Waals surface area contributed by atoms with Gasteiger partial charge in [0, 0.05) is 0 Å². The summed E-state index contributed by atoms with van der Waals surface area (Å²) in [7, 11) is 0. The maximum absolute atomic E-state index is 12.0. The molecule has 1 fully saturated rings. The molecule has 2 N–H and O–H groups in total. The molecule has 1 heterocycles. The Kier molecular flexibility index (Phi) is 2.97. The smallest absolute Gasteiger partial charge is 0.314 e. The first-order valence-corrected chi connectivity index (χ1v) is 7.24. The summed E-state index contributed by atoms with van der Waals surface area (Å²) >= 11 is 0. The number of amides is 1. The molecule has 3 rings (SSSR count). The van der Waals surface area contributed by atoms with Gasteiger partial charge in [0.15, 0.2) is 5.60 Å². The second-order valence-electron chi connectivity index (χ2n) is 6.37. The quantitative estimate of drug-likeness (QED) is 0.877. The third-order valence-corrected chi connectivity index (χ3v) is 4.56. The number of nitrogens with one attached hydrogen (secondary N) is 1. The van der Waals surface area contributed by atoms with Crippen LogP contribution in [0.4, 0.5) is 5.69 Å². The predicted octanol–water partition coefficient (Wildman–Crippen LogP) is 2.69. The van der Waals surface area contributed by atoms with E-state index in [-0.39, 0.29) is 5.91 Å². The molecule has 0 unspecified atom stereocenters. The van der Waals surface area contributed by atoms with Gasteiger partial charge in [0.1, 0.15) is 5.75 Å². The Morgan fingerprint density at radius 3 is 2.57 bits per heavy atom. The Balaban J connectivity index is 2.03. The zero-order chi connectivity index (χ0) is 15.3. The average Bonchev–Trinajstić information content (AvgIpc) is 2.90. The summed E-state index contributed by atoms with van der Waals surface area (Å²) in [5, 5.41) is 12.5. The lowest BCUT2D eigenvalue weighted by atomic mass is 9.78. The van der Waals surface area contributed by atoms with Crippen molar-refractivity contribution in [1.82, 2.24) is 0 Å². The summed E-state index contributed by atoms with van der Waals surface area (Å²) in [4.78, 5) is 23.7. The van der Waals surface area contributed by atoms with E-state index in [2.05, 4.69) is 5.32 Å². The van der Waals surface area contributed by atoms with Crippen LogP contribution in [0, 0.1) is 0 Å². The Bertz CT molecular complexity index is 615. The van der Waals surface area contributed by atoms with Crippen molar-refractivity contribution >= 4 is 17.6 Å². The minimum absolute atomic E-state index is 0.219. The maximum atomic E-state index is 12.0. The summed E-state index contributed by atoms with van der Waals surface area (Å²) < 4.78 is 5.68. The first kappa shape index (κ1) is 13.9. The first-order valence-electron chi connectivity index (χ1n) is 7.24. The van der Waals surface area contributed by atoms with Crippen molar-refractivity contribution in [3.05, 3.63) is 23.8 Å². The molecule has 2 aliphatic rings. The molecule has 0 bridgehead atoms. The summed E-state index contributed by atoms with van der Waals surface area (Å²) in [6.07, 6.45) is 3.11. The molecule has 0 aromatic heterocycles. The Morgan fingerprint density at radius 1 is 1.29 bits per heavy atom. The third kappa shape index (κ3) is 2.07. The number of carbonyl (C=O) groups excluding carboxylic acids is 1. The van der Waals surface area contributed by atoms with E-state index in [0.29, 0.717) is 24.3 Å². The number of hydrogen-bond donors (Lipinski definition) is 2. The van der Waals surface area contributed by atoms with E-state index in [1.54, 1.807) is 26.0 Å². The van der Waals surface area contributed by atoms with Gasteiger partial charge in [-0.1, -0.05) is 18.9 Å². The van der Waals surface area contributed by atoms with Crippen LogP contribution in [0.25, 0.3) is 0 Å². The lowest BCUT2D eigenvalue weighted by Crippen LogP contribution is -2.45. The third-order valence-electron chi connectivity index (χ3n) is 4.56. The molecule has 5 heteroatoms. The van der Waals surface area contributed by atoms with Gasteiger partial charge in [-0.2, -0.15) is 0 Å². The van der Waals surface area contributed by atoms with Crippen molar-refractivity contribution in [3.63, 3.8) is 0 Å². The molecule has 1 aliphatic carbocycles. The fourth-order valence-electron chi connectivity index (χ4n) is 3.21. The monoisotopic (exact) mass is 289 g/mol. The zero-order valence-electron chi connectivity index (χ0n) is 12.2. The van der Waals surface area contributed by atoms with Gasteiger partial charge in [0.25, 0.3) is 5.91 Å². The Labute approximate surface area is 123 Å². The number of rotatable bonds is 2. The van der Waals surface area contributed by atoms with Crippen LogP contribution < -0.4 is 10.1 Å². The molecule has 1 aliphatic heterocycles.